The molecule has 0 aliphatic heterocycles. The molecule has 0 unspecified atom stereocenters. The quantitative estimate of drug-likeness (QED) is 0.161. The molecule has 7 heteroatoms. The first-order chi connectivity index (χ1) is 29.7. The van der Waals surface area contributed by atoms with E-state index in [1.165, 1.54) is 5.56 Å². The van der Waals surface area contributed by atoms with E-state index in [4.69, 9.17) is 19.4 Å². The van der Waals surface area contributed by atoms with Crippen molar-refractivity contribution in [3.05, 3.63) is 194 Å². The number of hydrogen-bond acceptors (Lipinski definition) is 3. The van der Waals surface area contributed by atoms with Gasteiger partial charge in [-0.1, -0.05) is 132 Å². The fraction of sp³-hybridized carbons (Fsp3) is 0. The molecule has 0 aliphatic carbocycles. The average molecular weight is 961 g/mol. The molecule has 0 saturated carbocycles. The molecule has 0 N–H and O–H groups in total. The summed E-state index contributed by atoms with van der Waals surface area (Å²) in [6.45, 7) is 0. The van der Waals surface area contributed by atoms with E-state index in [0.29, 0.717) is 0 Å². The first-order valence-electron chi connectivity index (χ1n) is 20.1. The van der Waals surface area contributed by atoms with Crippen molar-refractivity contribution in [1.82, 2.24) is 24.1 Å². The van der Waals surface area contributed by atoms with E-state index in [-0.39, 0.29) is 21.1 Å². The molecule has 0 amide bonds. The molecule has 0 spiro atoms. The number of nitrogens with zero attached hydrogens (tertiary/aromatic N) is 5. The summed E-state index contributed by atoms with van der Waals surface area (Å²) in [5.74, 6) is 1.64. The fourth-order valence-electron chi connectivity index (χ4n) is 9.21. The summed E-state index contributed by atoms with van der Waals surface area (Å²) in [5.41, 5.74) is 13.7. The van der Waals surface area contributed by atoms with Crippen molar-refractivity contribution in [1.29, 1.82) is 0 Å². The number of rotatable bonds is 5. The number of imidazole rings is 1. The van der Waals surface area contributed by atoms with Crippen molar-refractivity contribution in [3.8, 4) is 45.1 Å². The van der Waals surface area contributed by atoms with Gasteiger partial charge in [0.05, 0.1) is 11.0 Å². The minimum Gasteiger partial charge on any atom is -0.656 e. The van der Waals surface area contributed by atoms with Crippen LogP contribution < -0.4 is 4.98 Å². The maximum atomic E-state index is 6.39. The van der Waals surface area contributed by atoms with Crippen LogP contribution >= 0.6 is 0 Å². The number of aromatic nitrogens is 5. The average Bonchev–Trinajstić information content (AvgIpc) is 4.07. The molecule has 5 aromatic heterocycles. The molecule has 0 fully saturated rings. The van der Waals surface area contributed by atoms with Crippen molar-refractivity contribution in [2.24, 2.45) is 0 Å². The molecule has 6 nitrogen and oxygen atoms in total. The van der Waals surface area contributed by atoms with E-state index in [1.54, 1.807) is 0 Å². The molecule has 13 aromatic rings. The van der Waals surface area contributed by atoms with Gasteiger partial charge in [-0.2, -0.15) is 0 Å². The Bertz CT molecular complexity index is 3820. The Kier molecular flexibility index (Phi) is 7.99. The molecule has 8 aromatic carbocycles. The zero-order chi connectivity index (χ0) is 39.3. The summed E-state index contributed by atoms with van der Waals surface area (Å²) >= 11 is 0. The normalized spacial score (nSPS) is 11.8. The van der Waals surface area contributed by atoms with Crippen molar-refractivity contribution >= 4 is 76.6 Å². The monoisotopic (exact) mass is 960 g/mol. The van der Waals surface area contributed by atoms with Crippen LogP contribution in [-0.4, -0.2) is 19.1 Å². The van der Waals surface area contributed by atoms with Gasteiger partial charge in [0.15, 0.2) is 0 Å². The molecule has 0 atom stereocenters. The SMILES string of the molecule is [Pt+2].[c-]1c(-c2cccc3c2nc(-c2cccc4c2[n-]c2ccccc24)n3-c2ccc(-c3ccccc3)cc2)ccc2c3cc4c(cc3n(-c3ccccn3)c12)oc1ccccc14. The molecule has 0 radical (unpaired) electrons. The second kappa shape index (κ2) is 13.8. The van der Waals surface area contributed by atoms with Gasteiger partial charge in [0.2, 0.25) is 0 Å². The van der Waals surface area contributed by atoms with Crippen LogP contribution in [0.4, 0.5) is 0 Å². The summed E-state index contributed by atoms with van der Waals surface area (Å²) in [7, 11) is 0. The van der Waals surface area contributed by atoms with E-state index in [2.05, 4.69) is 155 Å². The van der Waals surface area contributed by atoms with Crippen LogP contribution in [-0.2, 0) is 21.1 Å². The third-order valence-electron chi connectivity index (χ3n) is 12.0. The second-order valence-electron chi connectivity index (χ2n) is 15.3. The van der Waals surface area contributed by atoms with Gasteiger partial charge in [-0.15, -0.1) is 34.8 Å². The van der Waals surface area contributed by atoms with Crippen molar-refractivity contribution in [2.75, 3.05) is 0 Å². The standard InChI is InChI=1S/C54H31N5O.Pt/c1-2-12-33(13-3-1)34-23-26-36(27-24-34)58-46-20-11-16-37(53(46)57-54(58)42-18-10-17-41-38-14-4-6-19-45(38)56-52(41)42)35-25-28-39-43-31-44-40-15-5-7-21-49(40)60-50(44)32-48(43)59(47(39)30-35)51-22-8-9-29-55-51;/h1-29,31-32H;/q-2;+2. The molecule has 0 aliphatic rings. The van der Waals surface area contributed by atoms with Crippen LogP contribution in [0.3, 0.4) is 0 Å². The van der Waals surface area contributed by atoms with Gasteiger partial charge < -0.3 is 14.0 Å². The number of benzene rings is 8. The maximum Gasteiger partial charge on any atom is 2.00 e. The Morgan fingerprint density at radius 3 is 2.13 bits per heavy atom. The summed E-state index contributed by atoms with van der Waals surface area (Å²) < 4.78 is 10.9. The van der Waals surface area contributed by atoms with Gasteiger partial charge >= 0.3 is 21.1 Å². The third kappa shape index (κ3) is 5.39. The van der Waals surface area contributed by atoms with Crippen LogP contribution in [0, 0.1) is 6.07 Å². The molecule has 0 saturated heterocycles. The zero-order valence-corrected chi connectivity index (χ0v) is 34.6. The van der Waals surface area contributed by atoms with Gasteiger partial charge in [-0.05, 0) is 75.3 Å². The predicted octanol–water partition coefficient (Wildman–Crippen LogP) is 13.5. The molecular weight excluding hydrogens is 930 g/mol. The Morgan fingerprint density at radius 2 is 1.26 bits per heavy atom. The Hall–Kier alpha value is -7.53. The van der Waals surface area contributed by atoms with Crippen LogP contribution in [0.25, 0.3) is 122 Å². The first kappa shape index (κ1) is 35.4. The van der Waals surface area contributed by atoms with E-state index in [9.17, 15) is 0 Å². The van der Waals surface area contributed by atoms with Gasteiger partial charge in [-0.25, -0.2) is 9.97 Å². The van der Waals surface area contributed by atoms with Crippen molar-refractivity contribution in [2.45, 2.75) is 0 Å². The summed E-state index contributed by atoms with van der Waals surface area (Å²) in [4.78, 5) is 15.6. The van der Waals surface area contributed by atoms with Gasteiger partial charge in [-0.3, -0.25) is 4.57 Å². The third-order valence-corrected chi connectivity index (χ3v) is 12.0. The number of fused-ring (bicyclic) bond motifs is 10. The first-order valence-corrected chi connectivity index (χ1v) is 20.1. The largest absolute Gasteiger partial charge is 2.00 e. The number of furan rings is 1. The molecule has 288 valence electrons. The number of para-hydroxylation sites is 4. The van der Waals surface area contributed by atoms with Gasteiger partial charge in [0.1, 0.15) is 22.8 Å². The van der Waals surface area contributed by atoms with Crippen LogP contribution in [0.5, 0.6) is 0 Å². The van der Waals surface area contributed by atoms with E-state index < -0.39 is 0 Å². The van der Waals surface area contributed by atoms with Crippen LogP contribution in [0.1, 0.15) is 0 Å². The number of hydrogen-bond donors (Lipinski definition) is 0. The maximum absolute atomic E-state index is 6.39. The van der Waals surface area contributed by atoms with E-state index in [0.717, 1.165) is 116 Å². The van der Waals surface area contributed by atoms with E-state index >= 15 is 0 Å². The van der Waals surface area contributed by atoms with Gasteiger partial charge in [0.25, 0.3) is 0 Å². The smallest absolute Gasteiger partial charge is 0.656 e. The molecule has 5 heterocycles. The topological polar surface area (TPSA) is 62.9 Å². The second-order valence-corrected chi connectivity index (χ2v) is 15.3. The molecule has 0 bridgehead atoms. The fourth-order valence-corrected chi connectivity index (χ4v) is 9.21. The number of pyridine rings is 1. The Labute approximate surface area is 363 Å². The zero-order valence-electron chi connectivity index (χ0n) is 32.4. The Morgan fingerprint density at radius 1 is 0.508 bits per heavy atom. The van der Waals surface area contributed by atoms with Gasteiger partial charge in [0, 0.05) is 39.8 Å². The summed E-state index contributed by atoms with van der Waals surface area (Å²) in [5, 5.41) is 6.64. The van der Waals surface area contributed by atoms with Crippen molar-refractivity contribution in [3.63, 3.8) is 0 Å². The summed E-state index contributed by atoms with van der Waals surface area (Å²) in [6.07, 6.45) is 1.84. The molecule has 61 heavy (non-hydrogen) atoms. The summed E-state index contributed by atoms with van der Waals surface area (Å²) in [6, 6.07) is 67.4. The van der Waals surface area contributed by atoms with Crippen LogP contribution in [0.2, 0.25) is 0 Å². The minimum atomic E-state index is 0. The van der Waals surface area contributed by atoms with Crippen molar-refractivity contribution < 1.29 is 25.5 Å². The van der Waals surface area contributed by atoms with Crippen LogP contribution in [0.15, 0.2) is 193 Å². The van der Waals surface area contributed by atoms with E-state index in [1.807, 2.05) is 48.7 Å². The Balaban J connectivity index is 0.00000399. The molecular formula is C54H31N5OPt. The minimum absolute atomic E-state index is 0. The molecule has 13 rings (SSSR count). The predicted molar refractivity (Wildman–Crippen MR) is 244 cm³/mol.